The standard InChI is InChI=1S/C13H21N3O3/c1-2-11-10-6-14-5-9(10)7-15(11)8-12(17)16-3-4-19-13(16)18/h9-11,14H,2-8H2,1H3. The molecule has 106 valence electrons. The average molecular weight is 267 g/mol. The molecule has 0 aromatic heterocycles. The smallest absolute Gasteiger partial charge is 0.416 e. The lowest BCUT2D eigenvalue weighted by atomic mass is 9.93. The van der Waals surface area contributed by atoms with Crippen molar-refractivity contribution in [3.05, 3.63) is 0 Å². The number of likely N-dealkylation sites (tertiary alicyclic amines) is 1. The number of nitrogens with one attached hydrogen (secondary N) is 1. The number of hydrogen-bond donors (Lipinski definition) is 1. The molecule has 0 spiro atoms. The largest absolute Gasteiger partial charge is 0.447 e. The predicted molar refractivity (Wildman–Crippen MR) is 68.6 cm³/mol. The van der Waals surface area contributed by atoms with E-state index in [1.807, 2.05) is 0 Å². The second-order valence-electron chi connectivity index (χ2n) is 5.65. The highest BCUT2D eigenvalue weighted by atomic mass is 16.6. The van der Waals surface area contributed by atoms with Crippen molar-refractivity contribution >= 4 is 12.0 Å². The van der Waals surface area contributed by atoms with Crippen LogP contribution in [0.15, 0.2) is 0 Å². The summed E-state index contributed by atoms with van der Waals surface area (Å²) < 4.78 is 4.82. The van der Waals surface area contributed by atoms with E-state index in [9.17, 15) is 9.59 Å². The summed E-state index contributed by atoms with van der Waals surface area (Å²) in [5.74, 6) is 1.19. The van der Waals surface area contributed by atoms with E-state index in [1.54, 1.807) is 0 Å². The van der Waals surface area contributed by atoms with Gasteiger partial charge in [0.05, 0.1) is 13.1 Å². The van der Waals surface area contributed by atoms with Gasteiger partial charge in [0.2, 0.25) is 5.91 Å². The zero-order chi connectivity index (χ0) is 13.4. The molecule has 0 aromatic rings. The van der Waals surface area contributed by atoms with Crippen molar-refractivity contribution in [3.63, 3.8) is 0 Å². The monoisotopic (exact) mass is 267 g/mol. The normalized spacial score (nSPS) is 34.7. The molecule has 3 fully saturated rings. The predicted octanol–water partition coefficient (Wildman–Crippen LogP) is -0.105. The van der Waals surface area contributed by atoms with Crippen molar-refractivity contribution < 1.29 is 14.3 Å². The van der Waals surface area contributed by atoms with Crippen LogP contribution in [0.3, 0.4) is 0 Å². The number of nitrogens with zero attached hydrogens (tertiary/aromatic N) is 2. The van der Waals surface area contributed by atoms with Gasteiger partial charge < -0.3 is 10.1 Å². The summed E-state index contributed by atoms with van der Waals surface area (Å²) in [5, 5.41) is 3.43. The fraction of sp³-hybridized carbons (Fsp3) is 0.846. The second-order valence-corrected chi connectivity index (χ2v) is 5.65. The van der Waals surface area contributed by atoms with Gasteiger partial charge in [-0.1, -0.05) is 6.92 Å². The third-order valence-electron chi connectivity index (χ3n) is 4.64. The first-order valence-electron chi connectivity index (χ1n) is 7.12. The molecule has 1 N–H and O–H groups in total. The molecule has 0 saturated carbocycles. The summed E-state index contributed by atoms with van der Waals surface area (Å²) in [7, 11) is 0. The van der Waals surface area contributed by atoms with Crippen LogP contribution in [0.5, 0.6) is 0 Å². The summed E-state index contributed by atoms with van der Waals surface area (Å²) in [6, 6.07) is 0.461. The Bertz CT molecular complexity index is 387. The van der Waals surface area contributed by atoms with Crippen molar-refractivity contribution in [3.8, 4) is 0 Å². The SMILES string of the molecule is CCC1C2CNCC2CN1CC(=O)N1CCOC1=O. The van der Waals surface area contributed by atoms with Gasteiger partial charge in [0.1, 0.15) is 6.61 Å². The molecule has 3 aliphatic rings. The van der Waals surface area contributed by atoms with Gasteiger partial charge in [0.15, 0.2) is 0 Å². The first kappa shape index (κ1) is 12.9. The van der Waals surface area contributed by atoms with E-state index >= 15 is 0 Å². The highest BCUT2D eigenvalue weighted by Gasteiger charge is 2.44. The maximum atomic E-state index is 12.2. The van der Waals surface area contributed by atoms with Crippen LogP contribution in [0, 0.1) is 11.8 Å². The Morgan fingerprint density at radius 2 is 2.32 bits per heavy atom. The summed E-state index contributed by atoms with van der Waals surface area (Å²) >= 11 is 0. The van der Waals surface area contributed by atoms with Crippen molar-refractivity contribution in [2.45, 2.75) is 19.4 Å². The zero-order valence-electron chi connectivity index (χ0n) is 11.3. The molecule has 6 heteroatoms. The van der Waals surface area contributed by atoms with Gasteiger partial charge in [-0.05, 0) is 31.3 Å². The fourth-order valence-corrected chi connectivity index (χ4v) is 3.73. The maximum Gasteiger partial charge on any atom is 0.416 e. The van der Waals surface area contributed by atoms with E-state index < -0.39 is 6.09 Å². The Morgan fingerprint density at radius 3 is 3.00 bits per heavy atom. The van der Waals surface area contributed by atoms with Crippen molar-refractivity contribution in [2.24, 2.45) is 11.8 Å². The molecule has 3 aliphatic heterocycles. The number of carbonyl (C=O) groups is 2. The van der Waals surface area contributed by atoms with Gasteiger partial charge >= 0.3 is 6.09 Å². The topological polar surface area (TPSA) is 61.9 Å². The lowest BCUT2D eigenvalue weighted by Crippen LogP contribution is -2.44. The molecule has 2 amide bonds. The molecule has 3 saturated heterocycles. The zero-order valence-corrected chi connectivity index (χ0v) is 11.3. The van der Waals surface area contributed by atoms with Crippen molar-refractivity contribution in [1.82, 2.24) is 15.1 Å². The molecule has 19 heavy (non-hydrogen) atoms. The Kier molecular flexibility index (Phi) is 3.45. The molecular weight excluding hydrogens is 246 g/mol. The third kappa shape index (κ3) is 2.23. The van der Waals surface area contributed by atoms with Crippen LogP contribution in [0.2, 0.25) is 0 Å². The molecule has 6 nitrogen and oxygen atoms in total. The second kappa shape index (κ2) is 5.09. The molecule has 3 heterocycles. The van der Waals surface area contributed by atoms with E-state index in [1.165, 1.54) is 4.90 Å². The molecule has 3 rings (SSSR count). The van der Waals surface area contributed by atoms with Crippen LogP contribution in [0.4, 0.5) is 4.79 Å². The van der Waals surface area contributed by atoms with Gasteiger partial charge in [0, 0.05) is 12.6 Å². The molecule has 0 bridgehead atoms. The number of imide groups is 1. The molecule has 0 aromatic carbocycles. The number of ether oxygens (including phenoxy) is 1. The minimum Gasteiger partial charge on any atom is -0.447 e. The van der Waals surface area contributed by atoms with E-state index in [0.717, 1.165) is 26.1 Å². The molecule has 3 unspecified atom stereocenters. The van der Waals surface area contributed by atoms with E-state index in [4.69, 9.17) is 4.74 Å². The first-order chi connectivity index (χ1) is 9.20. The number of fused-ring (bicyclic) bond motifs is 1. The third-order valence-corrected chi connectivity index (χ3v) is 4.64. The van der Waals surface area contributed by atoms with Crippen molar-refractivity contribution in [2.75, 3.05) is 39.3 Å². The Morgan fingerprint density at radius 1 is 1.47 bits per heavy atom. The minimum atomic E-state index is -0.487. The summed E-state index contributed by atoms with van der Waals surface area (Å²) in [6.45, 7) is 6.32. The van der Waals surface area contributed by atoms with Gasteiger partial charge in [-0.15, -0.1) is 0 Å². The van der Waals surface area contributed by atoms with Gasteiger partial charge in [-0.3, -0.25) is 9.69 Å². The van der Waals surface area contributed by atoms with Crippen LogP contribution in [-0.2, 0) is 9.53 Å². The maximum absolute atomic E-state index is 12.2. The van der Waals surface area contributed by atoms with Gasteiger partial charge in [-0.2, -0.15) is 0 Å². The first-order valence-corrected chi connectivity index (χ1v) is 7.12. The summed E-state index contributed by atoms with van der Waals surface area (Å²) in [6.07, 6.45) is 0.569. The van der Waals surface area contributed by atoms with Crippen LogP contribution >= 0.6 is 0 Å². The fourth-order valence-electron chi connectivity index (χ4n) is 3.73. The van der Waals surface area contributed by atoms with Gasteiger partial charge in [-0.25, -0.2) is 9.69 Å². The Labute approximate surface area is 113 Å². The Balaban J connectivity index is 1.63. The number of rotatable bonds is 3. The van der Waals surface area contributed by atoms with E-state index in [0.29, 0.717) is 37.6 Å². The van der Waals surface area contributed by atoms with Crippen molar-refractivity contribution in [1.29, 1.82) is 0 Å². The summed E-state index contributed by atoms with van der Waals surface area (Å²) in [4.78, 5) is 27.0. The van der Waals surface area contributed by atoms with Crippen LogP contribution in [-0.4, -0.2) is 67.2 Å². The van der Waals surface area contributed by atoms with E-state index in [2.05, 4.69) is 17.1 Å². The number of cyclic esters (lactones) is 1. The molecule has 3 atom stereocenters. The molecule has 0 radical (unpaired) electrons. The number of amides is 2. The van der Waals surface area contributed by atoms with Crippen LogP contribution in [0.1, 0.15) is 13.3 Å². The van der Waals surface area contributed by atoms with Gasteiger partial charge in [0.25, 0.3) is 0 Å². The quantitative estimate of drug-likeness (QED) is 0.773. The molecule has 0 aliphatic carbocycles. The Hall–Kier alpha value is -1.14. The highest BCUT2D eigenvalue weighted by Crippen LogP contribution is 2.34. The average Bonchev–Trinajstić information content (AvgIpc) is 3.04. The van der Waals surface area contributed by atoms with Crippen LogP contribution < -0.4 is 5.32 Å². The number of hydrogen-bond acceptors (Lipinski definition) is 5. The van der Waals surface area contributed by atoms with Crippen LogP contribution in [0.25, 0.3) is 0 Å². The highest BCUT2D eigenvalue weighted by molar-refractivity contribution is 5.94. The lowest BCUT2D eigenvalue weighted by Gasteiger charge is -2.27. The minimum absolute atomic E-state index is 0.117. The lowest BCUT2D eigenvalue weighted by molar-refractivity contribution is -0.129. The molecular formula is C13H21N3O3. The summed E-state index contributed by atoms with van der Waals surface area (Å²) in [5.41, 5.74) is 0. The number of carbonyl (C=O) groups excluding carboxylic acids is 2. The van der Waals surface area contributed by atoms with E-state index in [-0.39, 0.29) is 5.91 Å².